The lowest BCUT2D eigenvalue weighted by Crippen LogP contribution is -2.32. The van der Waals surface area contributed by atoms with Crippen molar-refractivity contribution < 1.29 is 9.59 Å². The summed E-state index contributed by atoms with van der Waals surface area (Å²) in [6.45, 7) is 2.69. The van der Waals surface area contributed by atoms with Crippen molar-refractivity contribution in [3.8, 4) is 0 Å². The van der Waals surface area contributed by atoms with Gasteiger partial charge in [-0.25, -0.2) is 4.98 Å². The molecule has 1 saturated heterocycles. The molecule has 1 N–H and O–H groups in total. The first kappa shape index (κ1) is 21.2. The van der Waals surface area contributed by atoms with Gasteiger partial charge in [0.25, 0.3) is 0 Å². The number of imidazole rings is 1. The molecule has 2 atom stereocenters. The van der Waals surface area contributed by atoms with Crippen molar-refractivity contribution in [2.75, 3.05) is 10.2 Å². The molecule has 0 radical (unpaired) electrons. The highest BCUT2D eigenvalue weighted by atomic mass is 32.1. The zero-order chi connectivity index (χ0) is 22.8. The minimum Gasteiger partial charge on any atom is -0.333 e. The van der Waals surface area contributed by atoms with Crippen LogP contribution in [0.15, 0.2) is 84.8 Å². The summed E-state index contributed by atoms with van der Waals surface area (Å²) < 4.78 is 1.98. The normalized spacial score (nSPS) is 18.0. The van der Waals surface area contributed by atoms with E-state index in [-0.39, 0.29) is 24.3 Å². The van der Waals surface area contributed by atoms with Gasteiger partial charge < -0.3 is 14.8 Å². The zero-order valence-electron chi connectivity index (χ0n) is 18.2. The Morgan fingerprint density at radius 2 is 2.00 bits per heavy atom. The number of nitrogens with one attached hydrogen (secondary N) is 1. The number of hydrogen-bond acceptors (Lipinski definition) is 4. The van der Waals surface area contributed by atoms with Gasteiger partial charge in [-0.3, -0.25) is 9.59 Å². The summed E-state index contributed by atoms with van der Waals surface area (Å²) in [5.41, 5.74) is 3.73. The van der Waals surface area contributed by atoms with Crippen molar-refractivity contribution in [3.63, 3.8) is 0 Å². The molecular weight excluding hydrogens is 432 g/mol. The zero-order valence-corrected chi connectivity index (χ0v) is 19.0. The molecule has 2 aromatic carbocycles. The number of carbonyl (C=O) groups is 2. The average molecular weight is 457 g/mol. The summed E-state index contributed by atoms with van der Waals surface area (Å²) in [5, 5.41) is 5.05. The first-order valence-corrected chi connectivity index (χ1v) is 11.7. The summed E-state index contributed by atoms with van der Waals surface area (Å²) in [4.78, 5) is 33.4. The topological polar surface area (TPSA) is 67.2 Å². The summed E-state index contributed by atoms with van der Waals surface area (Å²) in [5.74, 6) is -0.655. The second-order valence-electron chi connectivity index (χ2n) is 8.29. The number of carbonyl (C=O) groups excluding carboxylic acids is 2. The van der Waals surface area contributed by atoms with Crippen LogP contribution in [0.3, 0.4) is 0 Å². The third-order valence-electron chi connectivity index (χ3n) is 5.92. The monoisotopic (exact) mass is 456 g/mol. The first-order chi connectivity index (χ1) is 16.1. The quantitative estimate of drug-likeness (QED) is 0.442. The number of nitrogens with zero attached hydrogens (tertiary/aromatic N) is 3. The molecular formula is C26H24N4O2S. The SMILES string of the molecule is Cc1ccc(N2C(=O)C[C@@H](C(=O)Nc3cccc(Cn4ccnc4)c3)[C@H]2c2cccs2)cc1. The second-order valence-corrected chi connectivity index (χ2v) is 9.27. The van der Waals surface area contributed by atoms with Crippen molar-refractivity contribution in [1.82, 2.24) is 9.55 Å². The van der Waals surface area contributed by atoms with Crippen molar-refractivity contribution in [3.05, 3.63) is 101 Å². The molecule has 2 amide bonds. The Balaban J connectivity index is 1.40. The molecule has 166 valence electrons. The van der Waals surface area contributed by atoms with E-state index >= 15 is 0 Å². The summed E-state index contributed by atoms with van der Waals surface area (Å²) in [6, 6.07) is 19.3. The van der Waals surface area contributed by atoms with Crippen LogP contribution >= 0.6 is 11.3 Å². The van der Waals surface area contributed by atoms with Gasteiger partial charge in [0.05, 0.1) is 18.3 Å². The van der Waals surface area contributed by atoms with Gasteiger partial charge in [0, 0.05) is 41.6 Å². The number of rotatable bonds is 6. The van der Waals surface area contributed by atoms with Gasteiger partial charge in [0.1, 0.15) is 0 Å². The third kappa shape index (κ3) is 4.45. The van der Waals surface area contributed by atoms with Crippen LogP contribution in [0, 0.1) is 12.8 Å². The lowest BCUT2D eigenvalue weighted by Gasteiger charge is -2.27. The number of benzene rings is 2. The van der Waals surface area contributed by atoms with Gasteiger partial charge in [-0.1, -0.05) is 35.9 Å². The smallest absolute Gasteiger partial charge is 0.230 e. The molecule has 0 unspecified atom stereocenters. The predicted octanol–water partition coefficient (Wildman–Crippen LogP) is 5.03. The molecule has 0 aliphatic carbocycles. The maximum atomic E-state index is 13.4. The minimum absolute atomic E-state index is 0.0359. The van der Waals surface area contributed by atoms with Crippen LogP contribution in [0.4, 0.5) is 11.4 Å². The number of amides is 2. The van der Waals surface area contributed by atoms with Crippen molar-refractivity contribution in [2.24, 2.45) is 5.92 Å². The van der Waals surface area contributed by atoms with Gasteiger partial charge in [-0.2, -0.15) is 0 Å². The largest absolute Gasteiger partial charge is 0.333 e. The fourth-order valence-electron chi connectivity index (χ4n) is 4.34. The number of anilines is 2. The van der Waals surface area contributed by atoms with E-state index < -0.39 is 5.92 Å². The van der Waals surface area contributed by atoms with Crippen molar-refractivity contribution >= 4 is 34.5 Å². The molecule has 6 nitrogen and oxygen atoms in total. The molecule has 1 aliphatic rings. The Labute approximate surface area is 196 Å². The van der Waals surface area contributed by atoms with Crippen LogP contribution in [-0.4, -0.2) is 21.4 Å². The molecule has 3 heterocycles. The Morgan fingerprint density at radius 1 is 1.15 bits per heavy atom. The van der Waals surface area contributed by atoms with Crippen LogP contribution in [0.5, 0.6) is 0 Å². The molecule has 1 aliphatic heterocycles. The van der Waals surface area contributed by atoms with E-state index in [0.29, 0.717) is 6.54 Å². The molecule has 0 bridgehead atoms. The number of aryl methyl sites for hydroxylation is 1. The molecule has 33 heavy (non-hydrogen) atoms. The molecule has 1 fully saturated rings. The predicted molar refractivity (Wildman–Crippen MR) is 130 cm³/mol. The highest BCUT2D eigenvalue weighted by Crippen LogP contribution is 2.43. The lowest BCUT2D eigenvalue weighted by molar-refractivity contribution is -0.122. The van der Waals surface area contributed by atoms with E-state index in [1.54, 1.807) is 28.8 Å². The first-order valence-electron chi connectivity index (χ1n) is 10.9. The molecule has 7 heteroatoms. The van der Waals surface area contributed by atoms with E-state index in [9.17, 15) is 9.59 Å². The highest BCUT2D eigenvalue weighted by Gasteiger charge is 2.45. The summed E-state index contributed by atoms with van der Waals surface area (Å²) >= 11 is 1.57. The Hall–Kier alpha value is -3.71. The van der Waals surface area contributed by atoms with Crippen LogP contribution in [0.2, 0.25) is 0 Å². The maximum Gasteiger partial charge on any atom is 0.230 e. The van der Waals surface area contributed by atoms with E-state index in [1.165, 1.54) is 0 Å². The Bertz CT molecular complexity index is 1250. The molecule has 0 saturated carbocycles. The van der Waals surface area contributed by atoms with E-state index in [4.69, 9.17) is 0 Å². The average Bonchev–Trinajstić information content (AvgIpc) is 3.56. The highest BCUT2D eigenvalue weighted by molar-refractivity contribution is 7.10. The summed E-state index contributed by atoms with van der Waals surface area (Å²) in [7, 11) is 0. The third-order valence-corrected chi connectivity index (χ3v) is 6.87. The number of aromatic nitrogens is 2. The van der Waals surface area contributed by atoms with Crippen LogP contribution in [0.25, 0.3) is 0 Å². The lowest BCUT2D eigenvalue weighted by atomic mass is 9.97. The van der Waals surface area contributed by atoms with E-state index in [1.807, 2.05) is 83.7 Å². The molecule has 4 aromatic rings. The van der Waals surface area contributed by atoms with E-state index in [0.717, 1.165) is 27.4 Å². The molecule has 5 rings (SSSR count). The van der Waals surface area contributed by atoms with Gasteiger partial charge in [-0.15, -0.1) is 11.3 Å². The second kappa shape index (κ2) is 9.03. The Kier molecular flexibility index (Phi) is 5.79. The fourth-order valence-corrected chi connectivity index (χ4v) is 5.22. The van der Waals surface area contributed by atoms with Crippen LogP contribution in [0.1, 0.15) is 28.5 Å². The fraction of sp³-hybridized carbons (Fsp3) is 0.192. The number of thiophene rings is 1. The minimum atomic E-state index is -0.477. The Morgan fingerprint density at radius 3 is 2.73 bits per heavy atom. The summed E-state index contributed by atoms with van der Waals surface area (Å²) in [6.07, 6.45) is 5.59. The molecule has 2 aromatic heterocycles. The molecule has 0 spiro atoms. The van der Waals surface area contributed by atoms with Crippen molar-refractivity contribution in [1.29, 1.82) is 0 Å². The standard InChI is InChI=1S/C26H24N4O2S/c1-18-7-9-21(10-8-18)30-24(31)15-22(25(30)23-6-3-13-33-23)26(32)28-20-5-2-4-19(14-20)16-29-12-11-27-17-29/h2-14,17,22,25H,15-16H2,1H3,(H,28,32)/t22-,25+/m1/s1. The number of hydrogen-bond donors (Lipinski definition) is 1. The van der Waals surface area contributed by atoms with Crippen LogP contribution in [-0.2, 0) is 16.1 Å². The van der Waals surface area contributed by atoms with E-state index in [2.05, 4.69) is 10.3 Å². The van der Waals surface area contributed by atoms with Crippen molar-refractivity contribution in [2.45, 2.75) is 25.9 Å². The maximum absolute atomic E-state index is 13.4. The van der Waals surface area contributed by atoms with Gasteiger partial charge >= 0.3 is 0 Å². The van der Waals surface area contributed by atoms with Gasteiger partial charge in [0.2, 0.25) is 11.8 Å². The van der Waals surface area contributed by atoms with Crippen LogP contribution < -0.4 is 10.2 Å². The van der Waals surface area contributed by atoms with Gasteiger partial charge in [-0.05, 0) is 48.2 Å². The van der Waals surface area contributed by atoms with Gasteiger partial charge in [0.15, 0.2) is 0 Å².